The number of piperidine rings is 1. The van der Waals surface area contributed by atoms with Gasteiger partial charge in [-0.1, -0.05) is 0 Å². The standard InChI is InChI=1S/C12H19F3N4O2S/c1-9-11(6-16-18(9)2)22(20,21)17-10-4-3-5-19(7-10)8-12(13,14)15/h6,10,17H,3-5,7-8H2,1-2H3. The Hall–Kier alpha value is -1.13. The molecule has 1 N–H and O–H groups in total. The molecule has 0 spiro atoms. The number of nitrogens with zero attached hydrogens (tertiary/aromatic N) is 3. The van der Waals surface area contributed by atoms with Crippen molar-refractivity contribution < 1.29 is 21.6 Å². The lowest BCUT2D eigenvalue weighted by Crippen LogP contribution is -2.49. The number of aromatic nitrogens is 2. The number of alkyl halides is 3. The second kappa shape index (κ2) is 6.17. The Kier molecular flexibility index (Phi) is 4.83. The van der Waals surface area contributed by atoms with Crippen molar-refractivity contribution in [2.24, 2.45) is 7.05 Å². The summed E-state index contributed by atoms with van der Waals surface area (Å²) >= 11 is 0. The van der Waals surface area contributed by atoms with Gasteiger partial charge in [0, 0.05) is 19.6 Å². The molecule has 6 nitrogen and oxygen atoms in total. The highest BCUT2D eigenvalue weighted by atomic mass is 32.2. The highest BCUT2D eigenvalue weighted by Gasteiger charge is 2.34. The summed E-state index contributed by atoms with van der Waals surface area (Å²) < 4.78 is 65.9. The van der Waals surface area contributed by atoms with E-state index in [1.54, 1.807) is 14.0 Å². The van der Waals surface area contributed by atoms with Crippen LogP contribution in [0.25, 0.3) is 0 Å². The van der Waals surface area contributed by atoms with Gasteiger partial charge in [-0.2, -0.15) is 18.3 Å². The molecule has 1 unspecified atom stereocenters. The number of nitrogens with one attached hydrogen (secondary N) is 1. The number of likely N-dealkylation sites (tertiary alicyclic amines) is 1. The Morgan fingerprint density at radius 1 is 1.45 bits per heavy atom. The van der Waals surface area contributed by atoms with Crippen LogP contribution in [0.5, 0.6) is 0 Å². The number of rotatable bonds is 4. The zero-order chi connectivity index (χ0) is 16.5. The highest BCUT2D eigenvalue weighted by molar-refractivity contribution is 7.89. The molecule has 0 aromatic carbocycles. The topological polar surface area (TPSA) is 67.2 Å². The Morgan fingerprint density at radius 2 is 2.14 bits per heavy atom. The van der Waals surface area contributed by atoms with E-state index in [0.29, 0.717) is 25.1 Å². The van der Waals surface area contributed by atoms with Crippen LogP contribution in [-0.2, 0) is 17.1 Å². The fourth-order valence-electron chi connectivity index (χ4n) is 2.57. The first-order valence-electron chi connectivity index (χ1n) is 6.88. The normalized spacial score (nSPS) is 21.2. The maximum Gasteiger partial charge on any atom is 0.401 e. The summed E-state index contributed by atoms with van der Waals surface area (Å²) in [6.45, 7) is 0.983. The lowest BCUT2D eigenvalue weighted by Gasteiger charge is -2.33. The Balaban J connectivity index is 2.05. The van der Waals surface area contributed by atoms with Gasteiger partial charge in [0.1, 0.15) is 4.90 Å². The van der Waals surface area contributed by atoms with E-state index < -0.39 is 28.8 Å². The second-order valence-electron chi connectivity index (χ2n) is 5.53. The third-order valence-electron chi connectivity index (χ3n) is 3.71. The van der Waals surface area contributed by atoms with Crippen LogP contribution >= 0.6 is 0 Å². The fraction of sp³-hybridized carbons (Fsp3) is 0.750. The Bertz CT molecular complexity index is 627. The lowest BCUT2D eigenvalue weighted by molar-refractivity contribution is -0.148. The molecule has 2 rings (SSSR count). The molecule has 1 aliphatic rings. The van der Waals surface area contributed by atoms with E-state index >= 15 is 0 Å². The van der Waals surface area contributed by atoms with E-state index in [1.165, 1.54) is 15.8 Å². The van der Waals surface area contributed by atoms with Crippen molar-refractivity contribution in [3.05, 3.63) is 11.9 Å². The summed E-state index contributed by atoms with van der Waals surface area (Å²) in [6, 6.07) is -0.527. The molecule has 1 aliphatic heterocycles. The smallest absolute Gasteiger partial charge is 0.293 e. The van der Waals surface area contributed by atoms with Crippen LogP contribution in [0, 0.1) is 6.92 Å². The Morgan fingerprint density at radius 3 is 2.68 bits per heavy atom. The fourth-order valence-corrected chi connectivity index (χ4v) is 4.04. The maximum absolute atomic E-state index is 12.4. The van der Waals surface area contributed by atoms with Gasteiger partial charge < -0.3 is 0 Å². The molecule has 2 heterocycles. The molecule has 1 saturated heterocycles. The zero-order valence-corrected chi connectivity index (χ0v) is 13.2. The van der Waals surface area contributed by atoms with E-state index in [2.05, 4.69) is 9.82 Å². The summed E-state index contributed by atoms with van der Waals surface area (Å²) in [6.07, 6.45) is -1.99. The molecule has 1 fully saturated rings. The van der Waals surface area contributed by atoms with Crippen molar-refractivity contribution in [3.8, 4) is 0 Å². The molecule has 0 amide bonds. The molecule has 10 heteroatoms. The summed E-state index contributed by atoms with van der Waals surface area (Å²) in [7, 11) is -2.15. The minimum atomic E-state index is -4.28. The lowest BCUT2D eigenvalue weighted by atomic mass is 10.1. The SMILES string of the molecule is Cc1c(S(=O)(=O)NC2CCCN(CC(F)(F)F)C2)cnn1C. The van der Waals surface area contributed by atoms with Crippen molar-refractivity contribution in [2.75, 3.05) is 19.6 Å². The van der Waals surface area contributed by atoms with Gasteiger partial charge in [-0.25, -0.2) is 13.1 Å². The zero-order valence-electron chi connectivity index (χ0n) is 12.4. The minimum absolute atomic E-state index is 0.0536. The van der Waals surface area contributed by atoms with Gasteiger partial charge in [0.2, 0.25) is 10.0 Å². The molecular formula is C12H19F3N4O2S. The van der Waals surface area contributed by atoms with Gasteiger partial charge >= 0.3 is 6.18 Å². The van der Waals surface area contributed by atoms with Gasteiger partial charge in [0.05, 0.1) is 18.4 Å². The molecule has 0 aliphatic carbocycles. The molecule has 22 heavy (non-hydrogen) atoms. The monoisotopic (exact) mass is 340 g/mol. The molecule has 1 atom stereocenters. The van der Waals surface area contributed by atoms with Crippen molar-refractivity contribution in [1.29, 1.82) is 0 Å². The van der Waals surface area contributed by atoms with Crippen LogP contribution in [0.4, 0.5) is 13.2 Å². The molecule has 1 aromatic rings. The van der Waals surface area contributed by atoms with E-state index in [-0.39, 0.29) is 11.4 Å². The largest absolute Gasteiger partial charge is 0.401 e. The first-order chi connectivity index (χ1) is 10.1. The van der Waals surface area contributed by atoms with Crippen LogP contribution in [0.3, 0.4) is 0 Å². The van der Waals surface area contributed by atoms with Crippen molar-refractivity contribution in [3.63, 3.8) is 0 Å². The predicted molar refractivity (Wildman–Crippen MR) is 73.8 cm³/mol. The van der Waals surface area contributed by atoms with Crippen LogP contribution in [0.2, 0.25) is 0 Å². The molecular weight excluding hydrogens is 321 g/mol. The van der Waals surface area contributed by atoms with E-state index in [4.69, 9.17) is 0 Å². The molecule has 1 aromatic heterocycles. The van der Waals surface area contributed by atoms with Crippen LogP contribution < -0.4 is 4.72 Å². The third kappa shape index (κ3) is 4.20. The molecule has 0 saturated carbocycles. The summed E-state index contributed by atoms with van der Waals surface area (Å²) in [5.74, 6) is 0. The van der Waals surface area contributed by atoms with Crippen LogP contribution in [0.1, 0.15) is 18.5 Å². The molecule has 126 valence electrons. The first-order valence-corrected chi connectivity index (χ1v) is 8.37. The second-order valence-corrected chi connectivity index (χ2v) is 7.21. The summed E-state index contributed by atoms with van der Waals surface area (Å²) in [5.41, 5.74) is 0.482. The quantitative estimate of drug-likeness (QED) is 0.889. The summed E-state index contributed by atoms with van der Waals surface area (Å²) in [5, 5.41) is 3.88. The molecule has 0 radical (unpaired) electrons. The number of aryl methyl sites for hydroxylation is 1. The first kappa shape index (κ1) is 17.2. The van der Waals surface area contributed by atoms with Gasteiger partial charge in [-0.05, 0) is 26.3 Å². The van der Waals surface area contributed by atoms with Crippen molar-refractivity contribution >= 4 is 10.0 Å². The molecule has 0 bridgehead atoms. The van der Waals surface area contributed by atoms with E-state index in [0.717, 1.165) is 0 Å². The van der Waals surface area contributed by atoms with Gasteiger partial charge in [0.15, 0.2) is 0 Å². The maximum atomic E-state index is 12.4. The van der Waals surface area contributed by atoms with Crippen molar-refractivity contribution in [1.82, 2.24) is 19.4 Å². The Labute approximate surface area is 127 Å². The number of halogens is 3. The van der Waals surface area contributed by atoms with Crippen molar-refractivity contribution in [2.45, 2.75) is 36.9 Å². The summed E-state index contributed by atoms with van der Waals surface area (Å²) in [4.78, 5) is 1.29. The average molecular weight is 340 g/mol. The van der Waals surface area contributed by atoms with Gasteiger partial charge in [-0.15, -0.1) is 0 Å². The highest BCUT2D eigenvalue weighted by Crippen LogP contribution is 2.21. The minimum Gasteiger partial charge on any atom is -0.293 e. The number of sulfonamides is 1. The average Bonchev–Trinajstić information content (AvgIpc) is 2.68. The third-order valence-corrected chi connectivity index (χ3v) is 5.33. The predicted octanol–water partition coefficient (Wildman–Crippen LogP) is 1.03. The number of hydrogen-bond donors (Lipinski definition) is 1. The van der Waals surface area contributed by atoms with E-state index in [9.17, 15) is 21.6 Å². The van der Waals surface area contributed by atoms with Crippen LogP contribution in [0.15, 0.2) is 11.1 Å². The van der Waals surface area contributed by atoms with Gasteiger partial charge in [-0.3, -0.25) is 9.58 Å². The van der Waals surface area contributed by atoms with E-state index in [1.807, 2.05) is 0 Å². The van der Waals surface area contributed by atoms with Gasteiger partial charge in [0.25, 0.3) is 0 Å². The number of hydrogen-bond acceptors (Lipinski definition) is 4. The van der Waals surface area contributed by atoms with Crippen LogP contribution in [-0.4, -0.2) is 55.0 Å².